The summed E-state index contributed by atoms with van der Waals surface area (Å²) in [5, 5.41) is 14.5. The molecular weight excluding hydrogens is 817 g/mol. The molecule has 7 heteroatoms. The fourth-order valence-electron chi connectivity index (χ4n) is 9.54. The maximum atomic E-state index is 16.7. The number of aromatic nitrogens is 4. The quantitative estimate of drug-likeness (QED) is 0.160. The summed E-state index contributed by atoms with van der Waals surface area (Å²) in [5.74, 6) is -1.44. The van der Waals surface area contributed by atoms with E-state index in [-0.39, 0.29) is 5.56 Å². The standard InChI is InChI=1S/C59H35F2N5/c60-46-20-11-21-47(61)58(46)59-56(65-52-26-9-7-18-42(52)44-34-40(28-30-54(44)65)50-24-12-22-48(63-50)38-14-3-1-4-15-38)32-37(36-62)33-57(59)66-53-27-10-8-19-43(53)45-35-41(29-31-55(45)66)51-25-13-23-49(64-51)39-16-5-2-6-17-39/h1-35H. The van der Waals surface area contributed by atoms with Crippen LogP contribution in [0.15, 0.2) is 212 Å². The van der Waals surface area contributed by atoms with Crippen LogP contribution in [0.5, 0.6) is 0 Å². The number of rotatable bonds is 7. The zero-order valence-corrected chi connectivity index (χ0v) is 35.2. The van der Waals surface area contributed by atoms with Crippen molar-refractivity contribution in [3.63, 3.8) is 0 Å². The Balaban J connectivity index is 1.12. The van der Waals surface area contributed by atoms with Crippen molar-refractivity contribution < 1.29 is 8.78 Å². The zero-order valence-electron chi connectivity index (χ0n) is 35.2. The van der Waals surface area contributed by atoms with Crippen molar-refractivity contribution in [2.75, 3.05) is 0 Å². The van der Waals surface area contributed by atoms with Crippen LogP contribution in [0.2, 0.25) is 0 Å². The van der Waals surface area contributed by atoms with Gasteiger partial charge in [0, 0.05) is 49.4 Å². The molecule has 0 radical (unpaired) electrons. The van der Waals surface area contributed by atoms with Crippen molar-refractivity contribution in [1.29, 1.82) is 5.26 Å². The van der Waals surface area contributed by atoms with E-state index < -0.39 is 11.6 Å². The van der Waals surface area contributed by atoms with Crippen molar-refractivity contribution in [2.24, 2.45) is 0 Å². The van der Waals surface area contributed by atoms with Crippen LogP contribution < -0.4 is 0 Å². The molecule has 4 aromatic heterocycles. The highest BCUT2D eigenvalue weighted by atomic mass is 19.1. The third-order valence-electron chi connectivity index (χ3n) is 12.5. The lowest BCUT2D eigenvalue weighted by Gasteiger charge is -2.21. The number of hydrogen-bond acceptors (Lipinski definition) is 3. The molecule has 0 unspecified atom stereocenters. The van der Waals surface area contributed by atoms with E-state index in [2.05, 4.69) is 30.3 Å². The van der Waals surface area contributed by atoms with Crippen molar-refractivity contribution in [2.45, 2.75) is 0 Å². The molecule has 4 heterocycles. The average molecular weight is 852 g/mol. The van der Waals surface area contributed by atoms with Gasteiger partial charge in [-0.3, -0.25) is 0 Å². The minimum atomic E-state index is -0.720. The molecule has 0 saturated carbocycles. The summed E-state index contributed by atoms with van der Waals surface area (Å²) < 4.78 is 37.4. The second-order valence-corrected chi connectivity index (χ2v) is 16.3. The summed E-state index contributed by atoms with van der Waals surface area (Å²) in [6.07, 6.45) is 0. The van der Waals surface area contributed by atoms with Crippen molar-refractivity contribution in [3.8, 4) is 73.6 Å². The zero-order chi connectivity index (χ0) is 44.3. The highest BCUT2D eigenvalue weighted by Crippen LogP contribution is 2.45. The van der Waals surface area contributed by atoms with Crippen LogP contribution in [0.25, 0.3) is 111 Å². The summed E-state index contributed by atoms with van der Waals surface area (Å²) >= 11 is 0. The van der Waals surface area contributed by atoms with Crippen LogP contribution in [0.3, 0.4) is 0 Å². The summed E-state index contributed by atoms with van der Waals surface area (Å²) in [7, 11) is 0. The molecule has 12 rings (SSSR count). The van der Waals surface area contributed by atoms with Gasteiger partial charge in [-0.15, -0.1) is 0 Å². The van der Waals surface area contributed by atoms with E-state index in [0.29, 0.717) is 22.5 Å². The van der Waals surface area contributed by atoms with E-state index in [1.807, 2.05) is 167 Å². The van der Waals surface area contributed by atoms with Gasteiger partial charge in [0.25, 0.3) is 0 Å². The van der Waals surface area contributed by atoms with Crippen LogP contribution in [-0.4, -0.2) is 19.1 Å². The first kappa shape index (κ1) is 38.7. The summed E-state index contributed by atoms with van der Waals surface area (Å²) in [4.78, 5) is 10.1. The number of benzene rings is 8. The smallest absolute Gasteiger partial charge is 0.134 e. The molecule has 0 N–H and O–H groups in total. The maximum absolute atomic E-state index is 16.7. The third kappa shape index (κ3) is 6.35. The fourth-order valence-corrected chi connectivity index (χ4v) is 9.54. The number of para-hydroxylation sites is 2. The Hall–Kier alpha value is -8.99. The summed E-state index contributed by atoms with van der Waals surface area (Å²) in [6.45, 7) is 0. The van der Waals surface area contributed by atoms with E-state index >= 15 is 8.78 Å². The Labute approximate surface area is 378 Å². The van der Waals surface area contributed by atoms with Gasteiger partial charge < -0.3 is 9.13 Å². The molecule has 0 spiro atoms. The van der Waals surface area contributed by atoms with E-state index in [9.17, 15) is 5.26 Å². The van der Waals surface area contributed by atoms with Crippen molar-refractivity contribution in [1.82, 2.24) is 19.1 Å². The van der Waals surface area contributed by atoms with Gasteiger partial charge in [-0.25, -0.2) is 18.7 Å². The molecule has 0 bridgehead atoms. The Kier molecular flexibility index (Phi) is 9.18. The molecule has 12 aromatic rings. The highest BCUT2D eigenvalue weighted by Gasteiger charge is 2.27. The number of nitriles is 1. The summed E-state index contributed by atoms with van der Waals surface area (Å²) in [5.41, 5.74) is 11.8. The number of fused-ring (bicyclic) bond motifs is 6. The molecule has 0 aliphatic carbocycles. The maximum Gasteiger partial charge on any atom is 0.134 e. The van der Waals surface area contributed by atoms with Gasteiger partial charge in [-0.05, 0) is 84.9 Å². The molecule has 0 saturated heterocycles. The molecule has 66 heavy (non-hydrogen) atoms. The first-order valence-corrected chi connectivity index (χ1v) is 21.7. The van der Waals surface area contributed by atoms with Gasteiger partial charge in [0.05, 0.1) is 73.4 Å². The molecular formula is C59H35F2N5. The van der Waals surface area contributed by atoms with Crippen LogP contribution in [0, 0.1) is 23.0 Å². The first-order valence-electron chi connectivity index (χ1n) is 21.7. The first-order chi connectivity index (χ1) is 32.5. The van der Waals surface area contributed by atoms with Crippen LogP contribution in [0.1, 0.15) is 5.56 Å². The second kappa shape index (κ2) is 15.7. The average Bonchev–Trinajstić information content (AvgIpc) is 3.89. The van der Waals surface area contributed by atoms with E-state index in [4.69, 9.17) is 9.97 Å². The van der Waals surface area contributed by atoms with E-state index in [0.717, 1.165) is 88.6 Å². The van der Waals surface area contributed by atoms with Gasteiger partial charge in [-0.2, -0.15) is 5.26 Å². The van der Waals surface area contributed by atoms with E-state index in [1.165, 1.54) is 18.2 Å². The lowest BCUT2D eigenvalue weighted by atomic mass is 9.97. The lowest BCUT2D eigenvalue weighted by Crippen LogP contribution is -2.07. The fraction of sp³-hybridized carbons (Fsp3) is 0. The number of pyridine rings is 2. The van der Waals surface area contributed by atoms with Crippen molar-refractivity contribution >= 4 is 43.6 Å². The molecule has 310 valence electrons. The normalized spacial score (nSPS) is 11.5. The lowest BCUT2D eigenvalue weighted by molar-refractivity contribution is 0.589. The Bertz CT molecular complexity index is 3680. The number of nitrogens with zero attached hydrogens (tertiary/aromatic N) is 5. The largest absolute Gasteiger partial charge is 0.308 e. The third-order valence-corrected chi connectivity index (χ3v) is 12.5. The minimum Gasteiger partial charge on any atom is -0.308 e. The topological polar surface area (TPSA) is 59.4 Å². The highest BCUT2D eigenvalue weighted by molar-refractivity contribution is 6.13. The number of hydrogen-bond donors (Lipinski definition) is 0. The van der Waals surface area contributed by atoms with Gasteiger partial charge in [0.2, 0.25) is 0 Å². The molecule has 0 amide bonds. The van der Waals surface area contributed by atoms with Gasteiger partial charge in [-0.1, -0.05) is 127 Å². The predicted molar refractivity (Wildman–Crippen MR) is 263 cm³/mol. The Morgan fingerprint density at radius 2 is 0.742 bits per heavy atom. The summed E-state index contributed by atoms with van der Waals surface area (Å²) in [6, 6.07) is 70.4. The molecule has 5 nitrogen and oxygen atoms in total. The second-order valence-electron chi connectivity index (χ2n) is 16.3. The molecule has 0 aliphatic rings. The Morgan fingerprint density at radius 1 is 0.348 bits per heavy atom. The van der Waals surface area contributed by atoms with Crippen LogP contribution in [-0.2, 0) is 0 Å². The predicted octanol–water partition coefficient (Wildman–Crippen LogP) is 15.2. The Morgan fingerprint density at radius 3 is 1.20 bits per heavy atom. The molecule has 0 aliphatic heterocycles. The molecule has 8 aromatic carbocycles. The molecule has 0 fully saturated rings. The SMILES string of the molecule is N#Cc1cc(-n2c3ccccc3c3cc(-c4cccc(-c5ccccc5)n4)ccc32)c(-c2c(F)cccc2F)c(-n2c3ccccc3c3cc(-c4cccc(-c5ccccc5)n4)ccc32)c1. The van der Waals surface area contributed by atoms with E-state index in [1.54, 1.807) is 12.1 Å². The van der Waals surface area contributed by atoms with Gasteiger partial charge in [0.1, 0.15) is 11.6 Å². The van der Waals surface area contributed by atoms with Crippen LogP contribution >= 0.6 is 0 Å². The van der Waals surface area contributed by atoms with Gasteiger partial charge >= 0.3 is 0 Å². The van der Waals surface area contributed by atoms with Gasteiger partial charge in [0.15, 0.2) is 0 Å². The number of halogens is 2. The minimum absolute atomic E-state index is 0.194. The van der Waals surface area contributed by atoms with Crippen molar-refractivity contribution in [3.05, 3.63) is 230 Å². The molecule has 0 atom stereocenters. The monoisotopic (exact) mass is 851 g/mol. The van der Waals surface area contributed by atoms with Crippen LogP contribution in [0.4, 0.5) is 8.78 Å².